The van der Waals surface area contributed by atoms with Crippen LogP contribution in [0.2, 0.25) is 0 Å². The minimum Gasteiger partial charge on any atom is -0.331 e. The monoisotopic (exact) mass is 324 g/mol. The largest absolute Gasteiger partial charge is 0.331 e. The number of hydrogen-bond acceptors (Lipinski definition) is 4. The first-order chi connectivity index (χ1) is 11.3. The van der Waals surface area contributed by atoms with Gasteiger partial charge in [-0.3, -0.25) is 4.79 Å². The second kappa shape index (κ2) is 5.96. The highest BCUT2D eigenvalue weighted by Gasteiger charge is 2.33. The van der Waals surface area contributed by atoms with Gasteiger partial charge in [0.05, 0.1) is 12.2 Å². The number of aromatic nitrogens is 3. The van der Waals surface area contributed by atoms with E-state index in [4.69, 9.17) is 0 Å². The van der Waals surface area contributed by atoms with Crippen molar-refractivity contribution in [3.63, 3.8) is 0 Å². The molecule has 0 spiro atoms. The minimum atomic E-state index is 0.103. The van der Waals surface area contributed by atoms with Gasteiger partial charge in [0.15, 0.2) is 0 Å². The van der Waals surface area contributed by atoms with Crippen LogP contribution in [0.15, 0.2) is 54.4 Å². The number of benzene rings is 1. The highest BCUT2D eigenvalue weighted by Crippen LogP contribution is 2.30. The van der Waals surface area contributed by atoms with Crippen molar-refractivity contribution in [1.82, 2.24) is 19.7 Å². The van der Waals surface area contributed by atoms with Gasteiger partial charge in [-0.15, -0.1) is 11.3 Å². The van der Waals surface area contributed by atoms with Gasteiger partial charge in [0.1, 0.15) is 12.7 Å². The maximum atomic E-state index is 12.8. The van der Waals surface area contributed by atoms with Gasteiger partial charge >= 0.3 is 0 Å². The molecule has 23 heavy (non-hydrogen) atoms. The van der Waals surface area contributed by atoms with E-state index in [1.54, 1.807) is 22.3 Å². The second-order valence-electron chi connectivity index (χ2n) is 5.63. The normalized spacial score (nSPS) is 13.9. The summed E-state index contributed by atoms with van der Waals surface area (Å²) in [5, 5.41) is 6.15. The first kappa shape index (κ1) is 14.1. The third-order valence-corrected chi connectivity index (χ3v) is 4.81. The molecule has 1 saturated carbocycles. The van der Waals surface area contributed by atoms with E-state index in [0.29, 0.717) is 12.6 Å². The Morgan fingerprint density at radius 1 is 1.26 bits per heavy atom. The van der Waals surface area contributed by atoms with Crippen LogP contribution in [0.3, 0.4) is 0 Å². The number of thiophene rings is 1. The zero-order valence-corrected chi connectivity index (χ0v) is 13.3. The van der Waals surface area contributed by atoms with E-state index in [-0.39, 0.29) is 5.91 Å². The lowest BCUT2D eigenvalue weighted by Crippen LogP contribution is -2.32. The molecule has 116 valence electrons. The Kier molecular flexibility index (Phi) is 3.67. The van der Waals surface area contributed by atoms with Crippen molar-refractivity contribution in [2.24, 2.45) is 0 Å². The Morgan fingerprint density at radius 2 is 2.09 bits per heavy atom. The molecule has 1 amide bonds. The molecule has 0 saturated heterocycles. The van der Waals surface area contributed by atoms with Crippen molar-refractivity contribution in [2.75, 3.05) is 0 Å². The molecule has 4 rings (SSSR count). The van der Waals surface area contributed by atoms with Gasteiger partial charge in [0.25, 0.3) is 5.91 Å². The summed E-state index contributed by atoms with van der Waals surface area (Å²) in [5.74, 6) is 0.103. The van der Waals surface area contributed by atoms with Crippen LogP contribution < -0.4 is 0 Å². The quantitative estimate of drug-likeness (QED) is 0.724. The van der Waals surface area contributed by atoms with Crippen LogP contribution in [0.25, 0.3) is 5.69 Å². The molecular weight excluding hydrogens is 308 g/mol. The lowest BCUT2D eigenvalue weighted by atomic mass is 10.1. The fraction of sp³-hybridized carbons (Fsp3) is 0.235. The highest BCUT2D eigenvalue weighted by molar-refractivity contribution is 7.09. The molecule has 0 bridgehead atoms. The molecule has 5 nitrogen and oxygen atoms in total. The van der Waals surface area contributed by atoms with Crippen LogP contribution in [0.4, 0.5) is 0 Å². The number of amides is 1. The summed E-state index contributed by atoms with van der Waals surface area (Å²) in [5.41, 5.74) is 1.62. The number of carbonyl (C=O) groups is 1. The zero-order chi connectivity index (χ0) is 15.6. The lowest BCUT2D eigenvalue weighted by Gasteiger charge is -2.22. The number of carbonyl (C=O) groups excluding carboxylic acids is 1. The average Bonchev–Trinajstić information content (AvgIpc) is 3.06. The van der Waals surface area contributed by atoms with Crippen molar-refractivity contribution < 1.29 is 4.79 Å². The molecule has 2 aromatic heterocycles. The molecule has 1 fully saturated rings. The Balaban J connectivity index is 1.54. The van der Waals surface area contributed by atoms with Crippen molar-refractivity contribution in [3.05, 3.63) is 64.9 Å². The van der Waals surface area contributed by atoms with E-state index in [2.05, 4.69) is 21.5 Å². The van der Waals surface area contributed by atoms with Crippen LogP contribution in [0.1, 0.15) is 28.1 Å². The van der Waals surface area contributed by atoms with E-state index in [1.165, 1.54) is 11.2 Å². The predicted molar refractivity (Wildman–Crippen MR) is 88.6 cm³/mol. The van der Waals surface area contributed by atoms with Gasteiger partial charge in [0, 0.05) is 16.5 Å². The summed E-state index contributed by atoms with van der Waals surface area (Å²) in [6.45, 7) is 0.700. The SMILES string of the molecule is O=C(c1ccc(-n2cncn2)cc1)N(Cc1cccs1)C1CC1. The predicted octanol–water partition coefficient (Wildman–Crippen LogP) is 3.13. The maximum absolute atomic E-state index is 12.8. The molecule has 0 radical (unpaired) electrons. The van der Waals surface area contributed by atoms with E-state index in [0.717, 1.165) is 24.1 Å². The fourth-order valence-corrected chi connectivity index (χ4v) is 3.29. The van der Waals surface area contributed by atoms with Crippen LogP contribution in [0, 0.1) is 0 Å². The molecule has 3 aromatic rings. The standard InChI is InChI=1S/C17H16N4OS/c22-17(20(14-7-8-14)10-16-2-1-9-23-16)13-3-5-15(6-4-13)21-12-18-11-19-21/h1-6,9,11-12,14H,7-8,10H2. The van der Waals surface area contributed by atoms with E-state index < -0.39 is 0 Å². The van der Waals surface area contributed by atoms with E-state index in [9.17, 15) is 4.79 Å². The van der Waals surface area contributed by atoms with Crippen LogP contribution >= 0.6 is 11.3 Å². The van der Waals surface area contributed by atoms with E-state index in [1.807, 2.05) is 35.2 Å². The summed E-state index contributed by atoms with van der Waals surface area (Å²) < 4.78 is 1.68. The first-order valence-electron chi connectivity index (χ1n) is 7.60. The molecule has 2 heterocycles. The molecule has 6 heteroatoms. The number of hydrogen-bond donors (Lipinski definition) is 0. The van der Waals surface area contributed by atoms with Gasteiger partial charge in [0.2, 0.25) is 0 Å². The molecule has 1 aliphatic carbocycles. The molecule has 1 aromatic carbocycles. The Hall–Kier alpha value is -2.47. The van der Waals surface area contributed by atoms with Crippen molar-refractivity contribution in [3.8, 4) is 5.69 Å². The summed E-state index contributed by atoms with van der Waals surface area (Å²) >= 11 is 1.70. The molecule has 0 aliphatic heterocycles. The highest BCUT2D eigenvalue weighted by atomic mass is 32.1. The minimum absolute atomic E-state index is 0.103. The van der Waals surface area contributed by atoms with E-state index >= 15 is 0 Å². The maximum Gasteiger partial charge on any atom is 0.254 e. The molecule has 0 N–H and O–H groups in total. The molecule has 1 aliphatic rings. The fourth-order valence-electron chi connectivity index (χ4n) is 2.59. The second-order valence-corrected chi connectivity index (χ2v) is 6.66. The molecule has 0 unspecified atom stereocenters. The lowest BCUT2D eigenvalue weighted by molar-refractivity contribution is 0.0731. The molecular formula is C17H16N4OS. The topological polar surface area (TPSA) is 51.0 Å². The Bertz CT molecular complexity index is 777. The van der Waals surface area contributed by atoms with Gasteiger partial charge in [-0.2, -0.15) is 5.10 Å². The van der Waals surface area contributed by atoms with Crippen LogP contribution in [-0.2, 0) is 6.54 Å². The van der Waals surface area contributed by atoms with Crippen molar-refractivity contribution >= 4 is 17.2 Å². The summed E-state index contributed by atoms with van der Waals surface area (Å²) in [7, 11) is 0. The number of rotatable bonds is 5. The van der Waals surface area contributed by atoms with Crippen LogP contribution in [0.5, 0.6) is 0 Å². The van der Waals surface area contributed by atoms with Crippen LogP contribution in [-0.4, -0.2) is 31.6 Å². The Morgan fingerprint density at radius 3 is 2.70 bits per heavy atom. The number of nitrogens with zero attached hydrogens (tertiary/aromatic N) is 4. The van der Waals surface area contributed by atoms with Gasteiger partial charge < -0.3 is 4.90 Å². The molecule has 0 atom stereocenters. The van der Waals surface area contributed by atoms with Gasteiger partial charge in [-0.1, -0.05) is 6.07 Å². The van der Waals surface area contributed by atoms with Crippen molar-refractivity contribution in [1.29, 1.82) is 0 Å². The summed E-state index contributed by atoms with van der Waals surface area (Å²) in [6.07, 6.45) is 5.35. The summed E-state index contributed by atoms with van der Waals surface area (Å²) in [4.78, 5) is 20.0. The third-order valence-electron chi connectivity index (χ3n) is 3.95. The smallest absolute Gasteiger partial charge is 0.254 e. The van der Waals surface area contributed by atoms with Crippen molar-refractivity contribution in [2.45, 2.75) is 25.4 Å². The third kappa shape index (κ3) is 3.03. The first-order valence-corrected chi connectivity index (χ1v) is 8.47. The summed E-state index contributed by atoms with van der Waals surface area (Å²) in [6, 6.07) is 12.0. The zero-order valence-electron chi connectivity index (χ0n) is 12.5. The van der Waals surface area contributed by atoms with Gasteiger partial charge in [-0.05, 0) is 48.6 Å². The van der Waals surface area contributed by atoms with Gasteiger partial charge in [-0.25, -0.2) is 9.67 Å². The Labute approximate surface area is 138 Å². The average molecular weight is 324 g/mol.